The first-order chi connectivity index (χ1) is 6.60. The Morgan fingerprint density at radius 2 is 1.73 bits per heavy atom. The van der Waals surface area contributed by atoms with Gasteiger partial charge in [-0.05, 0) is 41.0 Å². The van der Waals surface area contributed by atoms with E-state index in [1.807, 2.05) is 34.6 Å². The Labute approximate surface area is 92.2 Å². The van der Waals surface area contributed by atoms with Crippen LogP contribution < -0.4 is 0 Å². The summed E-state index contributed by atoms with van der Waals surface area (Å²) in [5.41, 5.74) is -0.877. The van der Waals surface area contributed by atoms with Gasteiger partial charge in [0.2, 0.25) is 0 Å². The predicted octanol–water partition coefficient (Wildman–Crippen LogP) is 2.01. The van der Waals surface area contributed by atoms with E-state index in [4.69, 9.17) is 9.84 Å². The Morgan fingerprint density at radius 1 is 1.27 bits per heavy atom. The molecule has 0 aromatic heterocycles. The van der Waals surface area contributed by atoms with Crippen molar-refractivity contribution in [2.45, 2.75) is 52.2 Å². The molecular formula is C11H23NO3. The number of aliphatic hydroxyl groups excluding tert-OH is 1. The van der Waals surface area contributed by atoms with E-state index in [0.717, 1.165) is 0 Å². The summed E-state index contributed by atoms with van der Waals surface area (Å²) in [4.78, 5) is 13.2. The van der Waals surface area contributed by atoms with Gasteiger partial charge in [-0.3, -0.25) is 0 Å². The molecule has 1 amide bonds. The summed E-state index contributed by atoms with van der Waals surface area (Å²) in [6.07, 6.45) is 0.170. The van der Waals surface area contributed by atoms with Crippen molar-refractivity contribution in [2.75, 3.05) is 13.7 Å². The Kier molecular flexibility index (Phi) is 4.59. The third kappa shape index (κ3) is 5.02. The molecule has 0 saturated carbocycles. The zero-order valence-corrected chi connectivity index (χ0v) is 10.6. The average molecular weight is 217 g/mol. The molecule has 0 atom stereocenters. The van der Waals surface area contributed by atoms with E-state index in [9.17, 15) is 4.79 Å². The molecule has 0 aliphatic carbocycles. The number of amides is 1. The van der Waals surface area contributed by atoms with Crippen LogP contribution in [0.2, 0.25) is 0 Å². The van der Waals surface area contributed by atoms with E-state index in [1.54, 1.807) is 7.05 Å². The molecule has 0 aromatic carbocycles. The maximum Gasteiger partial charge on any atom is 0.410 e. The molecule has 0 rings (SSSR count). The summed E-state index contributed by atoms with van der Waals surface area (Å²) in [5.74, 6) is 0. The second kappa shape index (κ2) is 4.84. The summed E-state index contributed by atoms with van der Waals surface area (Å²) in [5, 5.41) is 8.89. The van der Waals surface area contributed by atoms with E-state index in [-0.39, 0.29) is 12.7 Å². The molecule has 0 fully saturated rings. The number of rotatable bonds is 3. The van der Waals surface area contributed by atoms with Gasteiger partial charge in [-0.15, -0.1) is 0 Å². The monoisotopic (exact) mass is 217 g/mol. The maximum absolute atomic E-state index is 11.7. The first kappa shape index (κ1) is 14.2. The summed E-state index contributed by atoms with van der Waals surface area (Å²) in [6, 6.07) is 0. The second-order valence-corrected chi connectivity index (χ2v) is 5.33. The average Bonchev–Trinajstić information content (AvgIpc) is 1.99. The third-order valence-electron chi connectivity index (χ3n) is 2.30. The fourth-order valence-electron chi connectivity index (χ4n) is 1.02. The lowest BCUT2D eigenvalue weighted by molar-refractivity contribution is 0.00735. The number of carbonyl (C=O) groups is 1. The van der Waals surface area contributed by atoms with E-state index in [1.165, 1.54) is 4.90 Å². The van der Waals surface area contributed by atoms with E-state index >= 15 is 0 Å². The van der Waals surface area contributed by atoms with Crippen LogP contribution in [0.4, 0.5) is 4.79 Å². The van der Waals surface area contributed by atoms with Crippen LogP contribution in [0.25, 0.3) is 0 Å². The summed E-state index contributed by atoms with van der Waals surface area (Å²) >= 11 is 0. The molecular weight excluding hydrogens is 194 g/mol. The van der Waals surface area contributed by atoms with Crippen molar-refractivity contribution < 1.29 is 14.6 Å². The van der Waals surface area contributed by atoms with E-state index in [0.29, 0.717) is 6.42 Å². The molecule has 4 heteroatoms. The quantitative estimate of drug-likeness (QED) is 0.786. The Hall–Kier alpha value is -0.770. The van der Waals surface area contributed by atoms with Crippen LogP contribution >= 0.6 is 0 Å². The van der Waals surface area contributed by atoms with Gasteiger partial charge in [0, 0.05) is 19.2 Å². The second-order valence-electron chi connectivity index (χ2n) is 5.33. The Balaban J connectivity index is 4.44. The molecule has 4 nitrogen and oxygen atoms in total. The van der Waals surface area contributed by atoms with Gasteiger partial charge in [0.15, 0.2) is 0 Å². The van der Waals surface area contributed by atoms with Crippen LogP contribution in [0.1, 0.15) is 41.0 Å². The summed E-state index contributed by atoms with van der Waals surface area (Å²) in [7, 11) is 1.68. The molecule has 1 N–H and O–H groups in total. The van der Waals surface area contributed by atoms with Crippen LogP contribution in [0, 0.1) is 0 Å². The highest BCUT2D eigenvalue weighted by atomic mass is 16.6. The lowest BCUT2D eigenvalue weighted by Gasteiger charge is -2.36. The number of hydrogen-bond donors (Lipinski definition) is 1. The minimum Gasteiger partial charge on any atom is -0.444 e. The molecule has 90 valence electrons. The normalized spacial score (nSPS) is 12.5. The molecule has 0 spiro atoms. The van der Waals surface area contributed by atoms with E-state index < -0.39 is 11.1 Å². The Morgan fingerprint density at radius 3 is 2.07 bits per heavy atom. The zero-order chi connectivity index (χ0) is 12.3. The van der Waals surface area contributed by atoms with Gasteiger partial charge in [0.25, 0.3) is 0 Å². The lowest BCUT2D eigenvalue weighted by Crippen LogP contribution is -2.47. The summed E-state index contributed by atoms with van der Waals surface area (Å²) in [6.45, 7) is 9.34. The van der Waals surface area contributed by atoms with Crippen molar-refractivity contribution in [1.82, 2.24) is 4.90 Å². The van der Waals surface area contributed by atoms with Crippen LogP contribution in [0.3, 0.4) is 0 Å². The van der Waals surface area contributed by atoms with Crippen LogP contribution in [-0.2, 0) is 4.74 Å². The van der Waals surface area contributed by atoms with Gasteiger partial charge < -0.3 is 14.7 Å². The van der Waals surface area contributed by atoms with E-state index in [2.05, 4.69) is 0 Å². The number of ether oxygens (including phenoxy) is 1. The fourth-order valence-corrected chi connectivity index (χ4v) is 1.02. The smallest absolute Gasteiger partial charge is 0.410 e. The lowest BCUT2D eigenvalue weighted by atomic mass is 10.00. The van der Waals surface area contributed by atoms with Gasteiger partial charge in [-0.2, -0.15) is 0 Å². The highest BCUT2D eigenvalue weighted by Crippen LogP contribution is 2.19. The van der Waals surface area contributed by atoms with Gasteiger partial charge in [-0.25, -0.2) is 4.79 Å². The minimum atomic E-state index is -0.485. The van der Waals surface area contributed by atoms with Crippen LogP contribution in [0.15, 0.2) is 0 Å². The number of nitrogens with zero attached hydrogens (tertiary/aromatic N) is 1. The highest BCUT2D eigenvalue weighted by molar-refractivity contribution is 5.68. The van der Waals surface area contributed by atoms with Crippen molar-refractivity contribution in [3.05, 3.63) is 0 Å². The molecule has 0 aliphatic heterocycles. The maximum atomic E-state index is 11.7. The molecule has 0 aromatic rings. The number of carbonyl (C=O) groups excluding carboxylic acids is 1. The topological polar surface area (TPSA) is 49.8 Å². The fraction of sp³-hybridized carbons (Fsp3) is 0.909. The van der Waals surface area contributed by atoms with Gasteiger partial charge >= 0.3 is 6.09 Å². The van der Waals surface area contributed by atoms with Gasteiger partial charge in [-0.1, -0.05) is 0 Å². The van der Waals surface area contributed by atoms with Gasteiger partial charge in [0.05, 0.1) is 0 Å². The zero-order valence-electron chi connectivity index (χ0n) is 10.6. The largest absolute Gasteiger partial charge is 0.444 e. The molecule has 0 saturated heterocycles. The minimum absolute atomic E-state index is 0.0557. The molecule has 15 heavy (non-hydrogen) atoms. The van der Waals surface area contributed by atoms with Crippen molar-refractivity contribution in [2.24, 2.45) is 0 Å². The highest BCUT2D eigenvalue weighted by Gasteiger charge is 2.30. The standard InChI is InChI=1S/C11H23NO3/c1-10(2,3)15-9(14)12(6)11(4,5)7-8-13/h13H,7-8H2,1-6H3. The van der Waals surface area contributed by atoms with Gasteiger partial charge in [0.1, 0.15) is 5.60 Å². The van der Waals surface area contributed by atoms with Crippen molar-refractivity contribution in [1.29, 1.82) is 0 Å². The first-order valence-electron chi connectivity index (χ1n) is 5.18. The molecule has 0 radical (unpaired) electrons. The predicted molar refractivity (Wildman–Crippen MR) is 59.8 cm³/mol. The molecule has 0 heterocycles. The third-order valence-corrected chi connectivity index (χ3v) is 2.30. The molecule has 0 bridgehead atoms. The number of hydrogen-bond acceptors (Lipinski definition) is 3. The molecule has 0 unspecified atom stereocenters. The number of aliphatic hydroxyl groups is 1. The molecule has 0 aliphatic rings. The first-order valence-corrected chi connectivity index (χ1v) is 5.18. The van der Waals surface area contributed by atoms with Crippen LogP contribution in [-0.4, -0.2) is 40.9 Å². The SMILES string of the molecule is CN(C(=O)OC(C)(C)C)C(C)(C)CCO. The summed E-state index contributed by atoms with van der Waals surface area (Å²) < 4.78 is 5.24. The van der Waals surface area contributed by atoms with Crippen LogP contribution in [0.5, 0.6) is 0 Å². The van der Waals surface area contributed by atoms with Crippen molar-refractivity contribution in [3.8, 4) is 0 Å². The van der Waals surface area contributed by atoms with Crippen molar-refractivity contribution in [3.63, 3.8) is 0 Å². The van der Waals surface area contributed by atoms with Crippen molar-refractivity contribution >= 4 is 6.09 Å². The Bertz CT molecular complexity index is 218.